The van der Waals surface area contributed by atoms with Gasteiger partial charge in [0.1, 0.15) is 0 Å². The van der Waals surface area contributed by atoms with Crippen LogP contribution in [0.15, 0.2) is 24.3 Å². The van der Waals surface area contributed by atoms with E-state index in [1.165, 1.54) is 24.0 Å². The van der Waals surface area contributed by atoms with Crippen LogP contribution in [0.5, 0.6) is 0 Å². The van der Waals surface area contributed by atoms with Crippen molar-refractivity contribution in [2.24, 2.45) is 5.92 Å². The minimum Gasteiger partial charge on any atom is -0.420 e. The molecule has 1 aliphatic rings. The van der Waals surface area contributed by atoms with Gasteiger partial charge in [0.15, 0.2) is 9.04 Å². The van der Waals surface area contributed by atoms with Crippen molar-refractivity contribution < 1.29 is 4.43 Å². The standard InChI is InChI=1S/C14H21ClOSi/c1-17(2)16-10-14(12-6-7-12)13-5-3-4-11(8-13)9-15/h3-5,8,12,14,17H,6-7,9-10H2,1-2H3. The van der Waals surface area contributed by atoms with Gasteiger partial charge in [0, 0.05) is 18.4 Å². The summed E-state index contributed by atoms with van der Waals surface area (Å²) in [6.45, 7) is 5.37. The van der Waals surface area contributed by atoms with Gasteiger partial charge in [-0.2, -0.15) is 0 Å². The zero-order valence-corrected chi connectivity index (χ0v) is 12.6. The van der Waals surface area contributed by atoms with Crippen LogP contribution in [-0.4, -0.2) is 15.6 Å². The molecule has 1 aromatic rings. The summed E-state index contributed by atoms with van der Waals surface area (Å²) in [6, 6.07) is 8.69. The number of rotatable bonds is 6. The number of halogens is 1. The van der Waals surface area contributed by atoms with Gasteiger partial charge >= 0.3 is 0 Å². The highest BCUT2D eigenvalue weighted by atomic mass is 35.5. The van der Waals surface area contributed by atoms with E-state index in [2.05, 4.69) is 37.4 Å². The summed E-state index contributed by atoms with van der Waals surface area (Å²) in [7, 11) is -0.909. The molecule has 0 heterocycles. The van der Waals surface area contributed by atoms with Crippen LogP contribution in [0.25, 0.3) is 0 Å². The van der Waals surface area contributed by atoms with E-state index in [1.54, 1.807) is 0 Å². The van der Waals surface area contributed by atoms with E-state index in [4.69, 9.17) is 16.0 Å². The molecule has 1 atom stereocenters. The molecule has 1 unspecified atom stereocenters. The first-order valence-corrected chi connectivity index (χ1v) is 9.78. The number of alkyl halides is 1. The highest BCUT2D eigenvalue weighted by Crippen LogP contribution is 2.43. The quantitative estimate of drug-likeness (QED) is 0.561. The third kappa shape index (κ3) is 3.83. The molecule has 2 rings (SSSR count). The number of benzene rings is 1. The van der Waals surface area contributed by atoms with E-state index in [0.717, 1.165) is 12.5 Å². The molecule has 0 radical (unpaired) electrons. The molecule has 0 N–H and O–H groups in total. The molecule has 1 fully saturated rings. The fraction of sp³-hybridized carbons (Fsp3) is 0.571. The maximum atomic E-state index is 5.94. The van der Waals surface area contributed by atoms with Crippen LogP contribution < -0.4 is 0 Å². The lowest BCUT2D eigenvalue weighted by molar-refractivity contribution is 0.281. The fourth-order valence-electron chi connectivity index (χ4n) is 2.21. The molecule has 0 aromatic heterocycles. The molecular weight excluding hydrogens is 248 g/mol. The van der Waals surface area contributed by atoms with Crippen LogP contribution in [-0.2, 0) is 10.3 Å². The third-order valence-electron chi connectivity index (χ3n) is 3.33. The summed E-state index contributed by atoms with van der Waals surface area (Å²) in [5.41, 5.74) is 2.64. The van der Waals surface area contributed by atoms with E-state index in [9.17, 15) is 0 Å². The number of hydrogen-bond acceptors (Lipinski definition) is 1. The predicted molar refractivity (Wildman–Crippen MR) is 76.3 cm³/mol. The minimum atomic E-state index is -0.909. The van der Waals surface area contributed by atoms with Crippen LogP contribution >= 0.6 is 11.6 Å². The molecule has 1 saturated carbocycles. The summed E-state index contributed by atoms with van der Waals surface area (Å²) >= 11 is 5.90. The average molecular weight is 269 g/mol. The normalized spacial score (nSPS) is 17.4. The van der Waals surface area contributed by atoms with E-state index in [-0.39, 0.29) is 0 Å². The van der Waals surface area contributed by atoms with E-state index < -0.39 is 9.04 Å². The molecule has 1 aromatic carbocycles. The van der Waals surface area contributed by atoms with Gasteiger partial charge < -0.3 is 4.43 Å². The van der Waals surface area contributed by atoms with Crippen LogP contribution in [0, 0.1) is 5.92 Å². The lowest BCUT2D eigenvalue weighted by Gasteiger charge is -2.19. The lowest BCUT2D eigenvalue weighted by Crippen LogP contribution is -2.16. The Balaban J connectivity index is 2.08. The monoisotopic (exact) mass is 268 g/mol. The maximum Gasteiger partial charge on any atom is 0.170 e. The van der Waals surface area contributed by atoms with Crippen LogP contribution in [0.1, 0.15) is 29.9 Å². The summed E-state index contributed by atoms with van der Waals surface area (Å²) in [5, 5.41) is 0. The maximum absolute atomic E-state index is 5.94. The van der Waals surface area contributed by atoms with Gasteiger partial charge in [0.05, 0.1) is 0 Å². The zero-order valence-electron chi connectivity index (χ0n) is 10.7. The topological polar surface area (TPSA) is 9.23 Å². The molecule has 1 nitrogen and oxygen atoms in total. The Kier molecular flexibility index (Phi) is 4.66. The van der Waals surface area contributed by atoms with Gasteiger partial charge in [-0.1, -0.05) is 24.3 Å². The van der Waals surface area contributed by atoms with Gasteiger partial charge in [-0.25, -0.2) is 0 Å². The largest absolute Gasteiger partial charge is 0.420 e. The van der Waals surface area contributed by atoms with Crippen molar-refractivity contribution in [1.29, 1.82) is 0 Å². The van der Waals surface area contributed by atoms with E-state index >= 15 is 0 Å². The summed E-state index contributed by atoms with van der Waals surface area (Å²) in [4.78, 5) is 0. The van der Waals surface area contributed by atoms with Gasteiger partial charge in [-0.15, -0.1) is 11.6 Å². The van der Waals surface area contributed by atoms with Crippen molar-refractivity contribution in [3.8, 4) is 0 Å². The van der Waals surface area contributed by atoms with Crippen molar-refractivity contribution in [3.05, 3.63) is 35.4 Å². The Labute approximate surface area is 111 Å². The fourth-order valence-corrected chi connectivity index (χ4v) is 2.96. The molecule has 0 bridgehead atoms. The number of hydrogen-bond donors (Lipinski definition) is 0. The van der Waals surface area contributed by atoms with Gasteiger partial charge in [-0.3, -0.25) is 0 Å². The summed E-state index contributed by atoms with van der Waals surface area (Å²) < 4.78 is 5.94. The summed E-state index contributed by atoms with van der Waals surface area (Å²) in [5.74, 6) is 2.03. The van der Waals surface area contributed by atoms with Crippen molar-refractivity contribution in [2.75, 3.05) is 6.61 Å². The Bertz CT molecular complexity index is 363. The Morgan fingerprint density at radius 2 is 2.18 bits per heavy atom. The zero-order chi connectivity index (χ0) is 12.3. The van der Waals surface area contributed by atoms with Crippen molar-refractivity contribution >= 4 is 20.6 Å². The SMILES string of the molecule is C[SiH](C)OCC(c1cccc(CCl)c1)C1CC1. The molecule has 1 aliphatic carbocycles. The first kappa shape index (κ1) is 13.1. The predicted octanol–water partition coefficient (Wildman–Crippen LogP) is 3.92. The smallest absolute Gasteiger partial charge is 0.170 e. The van der Waals surface area contributed by atoms with Crippen LogP contribution in [0.4, 0.5) is 0 Å². The molecule has 3 heteroatoms. The second-order valence-corrected chi connectivity index (χ2v) is 7.90. The van der Waals surface area contributed by atoms with Crippen LogP contribution in [0.2, 0.25) is 13.1 Å². The molecular formula is C14H21ClOSi. The Morgan fingerprint density at radius 3 is 2.76 bits per heavy atom. The summed E-state index contributed by atoms with van der Waals surface area (Å²) in [6.07, 6.45) is 2.72. The highest BCUT2D eigenvalue weighted by Gasteiger charge is 2.32. The highest BCUT2D eigenvalue weighted by molar-refractivity contribution is 6.48. The van der Waals surface area contributed by atoms with Crippen LogP contribution in [0.3, 0.4) is 0 Å². The van der Waals surface area contributed by atoms with Crippen molar-refractivity contribution in [2.45, 2.75) is 37.7 Å². The molecule has 0 saturated heterocycles. The Morgan fingerprint density at radius 1 is 1.41 bits per heavy atom. The minimum absolute atomic E-state index is 0.591. The third-order valence-corrected chi connectivity index (χ3v) is 4.50. The van der Waals surface area contributed by atoms with E-state index in [0.29, 0.717) is 11.8 Å². The lowest BCUT2D eigenvalue weighted by atomic mass is 9.94. The van der Waals surface area contributed by atoms with Gasteiger partial charge in [0.2, 0.25) is 0 Å². The first-order valence-electron chi connectivity index (χ1n) is 6.47. The second kappa shape index (κ2) is 6.03. The second-order valence-electron chi connectivity index (χ2n) is 5.20. The molecule has 0 aliphatic heterocycles. The van der Waals surface area contributed by atoms with E-state index in [1.807, 2.05) is 0 Å². The van der Waals surface area contributed by atoms with Gasteiger partial charge in [-0.05, 0) is 43.0 Å². The van der Waals surface area contributed by atoms with Crippen molar-refractivity contribution in [1.82, 2.24) is 0 Å². The van der Waals surface area contributed by atoms with Gasteiger partial charge in [0.25, 0.3) is 0 Å². The molecule has 94 valence electrons. The first-order chi connectivity index (χ1) is 8.20. The molecule has 0 amide bonds. The average Bonchev–Trinajstić information content (AvgIpc) is 3.14. The molecule has 0 spiro atoms. The Hall–Kier alpha value is -0.313. The van der Waals surface area contributed by atoms with Crippen molar-refractivity contribution in [3.63, 3.8) is 0 Å². The molecule has 17 heavy (non-hydrogen) atoms.